The van der Waals surface area contributed by atoms with E-state index in [0.717, 1.165) is 29.1 Å². The number of amides is 5. The van der Waals surface area contributed by atoms with E-state index in [2.05, 4.69) is 36.3 Å². The molecule has 4 aromatic carbocycles. The van der Waals surface area contributed by atoms with Gasteiger partial charge in [-0.05, 0) is 28.3 Å². The molecule has 0 bridgehead atoms. The average Bonchev–Trinajstić information content (AvgIpc) is 3.65. The third kappa shape index (κ3) is 13.0. The molecular formula is C42H44N6O9. The zero-order valence-corrected chi connectivity index (χ0v) is 31.2. The number of carbonyl (C=O) groups is 6. The van der Waals surface area contributed by atoms with Crippen molar-refractivity contribution in [2.75, 3.05) is 20.2 Å². The minimum absolute atomic E-state index is 0.0502. The van der Waals surface area contributed by atoms with Gasteiger partial charge in [-0.3, -0.25) is 14.4 Å². The number of para-hydroxylation sites is 1. The van der Waals surface area contributed by atoms with Crippen LogP contribution in [0.3, 0.4) is 0 Å². The van der Waals surface area contributed by atoms with Crippen LogP contribution in [0.25, 0.3) is 10.9 Å². The molecule has 296 valence electrons. The molecule has 0 saturated carbocycles. The molecule has 0 radical (unpaired) electrons. The van der Waals surface area contributed by atoms with E-state index < -0.39 is 67.0 Å². The molecule has 57 heavy (non-hydrogen) atoms. The molecule has 6 N–H and O–H groups in total. The second kappa shape index (κ2) is 21.1. The fourth-order valence-corrected chi connectivity index (χ4v) is 5.79. The van der Waals surface area contributed by atoms with Crippen LogP contribution in [0.5, 0.6) is 0 Å². The zero-order chi connectivity index (χ0) is 40.4. The summed E-state index contributed by atoms with van der Waals surface area (Å²) in [7, 11) is 1.14. The molecule has 0 spiro atoms. The van der Waals surface area contributed by atoms with Crippen LogP contribution in [0.4, 0.5) is 9.59 Å². The van der Waals surface area contributed by atoms with E-state index in [0.29, 0.717) is 11.1 Å². The molecule has 5 aromatic rings. The van der Waals surface area contributed by atoms with Gasteiger partial charge in [0.25, 0.3) is 0 Å². The quantitative estimate of drug-likeness (QED) is 0.0562. The number of benzene rings is 4. The zero-order valence-electron chi connectivity index (χ0n) is 31.2. The van der Waals surface area contributed by atoms with Crippen molar-refractivity contribution in [2.24, 2.45) is 0 Å². The molecule has 0 saturated heterocycles. The smallest absolute Gasteiger partial charge is 0.408 e. The van der Waals surface area contributed by atoms with E-state index in [1.807, 2.05) is 60.7 Å². The fourth-order valence-electron chi connectivity index (χ4n) is 5.79. The van der Waals surface area contributed by atoms with Crippen LogP contribution >= 0.6 is 0 Å². The van der Waals surface area contributed by atoms with Gasteiger partial charge in [0.05, 0.1) is 26.1 Å². The average molecular weight is 777 g/mol. The molecule has 0 aliphatic carbocycles. The molecule has 3 atom stereocenters. The van der Waals surface area contributed by atoms with Gasteiger partial charge >= 0.3 is 24.1 Å². The number of fused-ring (bicyclic) bond motifs is 1. The Bertz CT molecular complexity index is 2110. The van der Waals surface area contributed by atoms with Crippen molar-refractivity contribution < 1.29 is 43.0 Å². The molecule has 1 aromatic heterocycles. The van der Waals surface area contributed by atoms with E-state index in [1.165, 1.54) is 0 Å². The van der Waals surface area contributed by atoms with Crippen molar-refractivity contribution in [3.8, 4) is 0 Å². The number of esters is 2. The second-order valence-corrected chi connectivity index (χ2v) is 12.9. The van der Waals surface area contributed by atoms with Crippen LogP contribution in [-0.2, 0) is 53.0 Å². The summed E-state index contributed by atoms with van der Waals surface area (Å²) in [5.74, 6) is -3.00. The summed E-state index contributed by atoms with van der Waals surface area (Å²) in [6.07, 6.45) is 0.615. The highest BCUT2D eigenvalue weighted by Crippen LogP contribution is 2.20. The minimum Gasteiger partial charge on any atom is -0.469 e. The first-order valence-corrected chi connectivity index (χ1v) is 18.1. The van der Waals surface area contributed by atoms with Gasteiger partial charge in [-0.2, -0.15) is 0 Å². The number of hydrogen-bond acceptors (Lipinski definition) is 9. The number of urea groups is 1. The Labute approximate surface area is 328 Å². The van der Waals surface area contributed by atoms with Crippen molar-refractivity contribution in [1.82, 2.24) is 31.6 Å². The van der Waals surface area contributed by atoms with E-state index in [1.54, 1.807) is 60.8 Å². The maximum atomic E-state index is 13.8. The first-order chi connectivity index (χ1) is 27.7. The van der Waals surface area contributed by atoms with Gasteiger partial charge in [0.15, 0.2) is 0 Å². The van der Waals surface area contributed by atoms with Crippen LogP contribution < -0.4 is 26.6 Å². The van der Waals surface area contributed by atoms with Gasteiger partial charge in [0, 0.05) is 30.1 Å². The number of rotatable bonds is 18. The topological polar surface area (TPSA) is 206 Å². The SMILES string of the molecule is COC(=O)C[C@H](NC(=O)CNC(=O)N[C@H](Cc1c[nH]c2ccccc12)C(=O)NC[C@H](NC(=O)OCc1ccccc1)c1ccccc1)C(=O)OCc1ccccc1. The van der Waals surface area contributed by atoms with Crippen LogP contribution in [-0.4, -0.2) is 73.1 Å². The summed E-state index contributed by atoms with van der Waals surface area (Å²) in [5, 5.41) is 13.9. The molecule has 5 amide bonds. The van der Waals surface area contributed by atoms with Crippen LogP contribution in [0.2, 0.25) is 0 Å². The monoisotopic (exact) mass is 776 g/mol. The van der Waals surface area contributed by atoms with Crippen molar-refractivity contribution >= 4 is 46.8 Å². The van der Waals surface area contributed by atoms with Gasteiger partial charge in [-0.15, -0.1) is 0 Å². The Morgan fingerprint density at radius 3 is 1.95 bits per heavy atom. The molecule has 5 rings (SSSR count). The summed E-state index contributed by atoms with van der Waals surface area (Å²) < 4.78 is 15.4. The predicted molar refractivity (Wildman–Crippen MR) is 209 cm³/mol. The number of methoxy groups -OCH3 is 1. The number of ether oxygens (including phenoxy) is 3. The molecule has 15 nitrogen and oxygen atoms in total. The highest BCUT2D eigenvalue weighted by molar-refractivity contribution is 5.92. The van der Waals surface area contributed by atoms with Gasteiger partial charge in [0.2, 0.25) is 11.8 Å². The van der Waals surface area contributed by atoms with Crippen molar-refractivity contribution in [3.63, 3.8) is 0 Å². The first kappa shape index (κ1) is 41.0. The molecule has 15 heteroatoms. The lowest BCUT2D eigenvalue weighted by Crippen LogP contribution is -2.54. The molecule has 0 fully saturated rings. The van der Waals surface area contributed by atoms with E-state index >= 15 is 0 Å². The normalized spacial score (nSPS) is 12.2. The maximum absolute atomic E-state index is 13.8. The molecule has 0 aliphatic rings. The van der Waals surface area contributed by atoms with Gasteiger partial charge in [-0.25, -0.2) is 14.4 Å². The third-order valence-electron chi connectivity index (χ3n) is 8.76. The summed E-state index contributed by atoms with van der Waals surface area (Å²) in [6, 6.07) is 30.5. The number of H-pyrrole nitrogens is 1. The fraction of sp³-hybridized carbons (Fsp3) is 0.238. The summed E-state index contributed by atoms with van der Waals surface area (Å²) in [5.41, 5.74) is 3.78. The Hall–Kier alpha value is -7.16. The standard InChI is InChI=1S/C42H44N6O9/c1-55-38(50)22-35(40(52)56-26-28-13-5-2-6-14-28)46-37(49)25-45-41(53)47-34(21-31-23-43-33-20-12-11-19-32(31)33)39(51)44-24-36(30-17-9-4-10-18-30)48-42(54)57-27-29-15-7-3-8-16-29/h2-20,23,34-36,43H,21-22,24-27H2,1H3,(H,44,51)(H,46,49)(H,48,54)(H2,45,47,53)/t34-,35+,36+/m1/s1. The number of nitrogens with one attached hydrogen (secondary N) is 6. The molecule has 1 heterocycles. The van der Waals surface area contributed by atoms with E-state index in [9.17, 15) is 28.8 Å². The van der Waals surface area contributed by atoms with Crippen LogP contribution in [0.15, 0.2) is 121 Å². The lowest BCUT2D eigenvalue weighted by atomic mass is 10.0. The van der Waals surface area contributed by atoms with Crippen molar-refractivity contribution in [2.45, 2.75) is 44.2 Å². The lowest BCUT2D eigenvalue weighted by Gasteiger charge is -2.23. The summed E-state index contributed by atoms with van der Waals surface area (Å²) >= 11 is 0. The Morgan fingerprint density at radius 1 is 0.667 bits per heavy atom. The predicted octanol–water partition coefficient (Wildman–Crippen LogP) is 3.95. The number of carbonyl (C=O) groups excluding carboxylic acids is 6. The highest BCUT2D eigenvalue weighted by atomic mass is 16.5. The minimum atomic E-state index is -1.39. The lowest BCUT2D eigenvalue weighted by molar-refractivity contribution is -0.153. The largest absolute Gasteiger partial charge is 0.469 e. The summed E-state index contributed by atoms with van der Waals surface area (Å²) in [4.78, 5) is 80.9. The Morgan fingerprint density at radius 2 is 1.28 bits per heavy atom. The number of aromatic nitrogens is 1. The van der Waals surface area contributed by atoms with Crippen molar-refractivity contribution in [1.29, 1.82) is 0 Å². The number of aromatic amines is 1. The number of hydrogen-bond donors (Lipinski definition) is 6. The Kier molecular flexibility index (Phi) is 15.2. The molecule has 0 aliphatic heterocycles. The summed E-state index contributed by atoms with van der Waals surface area (Å²) in [6.45, 7) is -0.702. The highest BCUT2D eigenvalue weighted by Gasteiger charge is 2.28. The van der Waals surface area contributed by atoms with Gasteiger partial charge < -0.3 is 45.8 Å². The van der Waals surface area contributed by atoms with Crippen LogP contribution in [0, 0.1) is 0 Å². The second-order valence-electron chi connectivity index (χ2n) is 12.9. The van der Waals surface area contributed by atoms with Crippen molar-refractivity contribution in [3.05, 3.63) is 144 Å². The number of alkyl carbamates (subject to hydrolysis) is 1. The maximum Gasteiger partial charge on any atom is 0.408 e. The van der Waals surface area contributed by atoms with Crippen LogP contribution in [0.1, 0.15) is 34.7 Å². The van der Waals surface area contributed by atoms with E-state index in [-0.39, 0.29) is 26.2 Å². The van der Waals surface area contributed by atoms with Gasteiger partial charge in [-0.1, -0.05) is 109 Å². The molecule has 0 unspecified atom stereocenters. The van der Waals surface area contributed by atoms with E-state index in [4.69, 9.17) is 9.47 Å². The molecular weight excluding hydrogens is 732 g/mol. The third-order valence-corrected chi connectivity index (χ3v) is 8.76. The van der Waals surface area contributed by atoms with Gasteiger partial charge in [0.1, 0.15) is 25.3 Å². The first-order valence-electron chi connectivity index (χ1n) is 18.1. The Balaban J connectivity index is 1.22.